The summed E-state index contributed by atoms with van der Waals surface area (Å²) in [5, 5.41) is 10.8. The van der Waals surface area contributed by atoms with Crippen molar-refractivity contribution in [3.8, 4) is 0 Å². The highest BCUT2D eigenvalue weighted by Gasteiger charge is 2.39. The normalized spacial score (nSPS) is 21.2. The summed E-state index contributed by atoms with van der Waals surface area (Å²) in [6.45, 7) is 15.9. The van der Waals surface area contributed by atoms with Crippen LogP contribution >= 0.6 is 23.1 Å². The van der Waals surface area contributed by atoms with Crippen LogP contribution in [0.3, 0.4) is 0 Å². The van der Waals surface area contributed by atoms with Crippen LogP contribution in [0.2, 0.25) is 0 Å². The van der Waals surface area contributed by atoms with Crippen LogP contribution in [-0.4, -0.2) is 101 Å². The Morgan fingerprint density at radius 3 is 2.15 bits per heavy atom. The largest absolute Gasteiger partial charge is 0.371 e. The van der Waals surface area contributed by atoms with Gasteiger partial charge in [-0.1, -0.05) is 19.9 Å². The smallest absolute Gasteiger partial charge is 0.234 e. The number of imide groups is 1. The first-order chi connectivity index (χ1) is 31.7. The highest BCUT2D eigenvalue weighted by Crippen LogP contribution is 2.44. The van der Waals surface area contributed by atoms with Gasteiger partial charge in [0.15, 0.2) is 0 Å². The Hall–Kier alpha value is -4.82. The van der Waals surface area contributed by atoms with Crippen LogP contribution in [-0.2, 0) is 27.0 Å². The number of halogens is 3. The number of hydrogen-bond acceptors (Lipinski definition) is 11. The van der Waals surface area contributed by atoms with Crippen molar-refractivity contribution in [2.45, 2.75) is 96.1 Å². The van der Waals surface area contributed by atoms with Crippen LogP contribution in [0.4, 0.5) is 37.6 Å². The Balaban J connectivity index is 0.797. The third-order valence-electron chi connectivity index (χ3n) is 14.3. The van der Waals surface area contributed by atoms with Crippen LogP contribution in [0.15, 0.2) is 59.2 Å². The van der Waals surface area contributed by atoms with E-state index in [1.54, 1.807) is 19.5 Å². The first-order valence-electron chi connectivity index (χ1n) is 23.4. The molecule has 348 valence electrons. The Morgan fingerprint density at radius 2 is 1.50 bits per heavy atom. The number of hydrogen-bond donors (Lipinski definition) is 3. The summed E-state index contributed by atoms with van der Waals surface area (Å²) in [5.74, 6) is -2.29. The zero-order valence-corrected chi connectivity index (χ0v) is 40.9. The highest BCUT2D eigenvalue weighted by molar-refractivity contribution is 9.10. The maximum absolute atomic E-state index is 15.2. The molecular weight excluding hydrogens is 923 g/mol. The quantitative estimate of drug-likeness (QED) is 0.0816. The molecule has 12 nitrogen and oxygen atoms in total. The van der Waals surface area contributed by atoms with Crippen LogP contribution in [0.25, 0.3) is 10.9 Å². The second-order valence-electron chi connectivity index (χ2n) is 18.8. The van der Waals surface area contributed by atoms with Crippen molar-refractivity contribution in [2.75, 3.05) is 68.1 Å². The minimum absolute atomic E-state index is 0.0769. The molecular formula is C50H59BrF2N9O3P. The topological polar surface area (TPSA) is 136 Å². The fourth-order valence-electron chi connectivity index (χ4n) is 10.6. The number of pyridine rings is 1. The number of benzene rings is 3. The number of rotatable bonds is 12. The fraction of sp³-hybridized carbons (Fsp3) is 0.460. The maximum Gasteiger partial charge on any atom is 0.234 e. The van der Waals surface area contributed by atoms with E-state index in [1.165, 1.54) is 28.9 Å². The molecule has 3 aromatic carbocycles. The number of carbonyl (C=O) groups excluding carboxylic acids is 2. The third-order valence-corrected chi connectivity index (χ3v) is 16.4. The summed E-state index contributed by atoms with van der Waals surface area (Å²) in [4.78, 5) is 45.9. The second-order valence-corrected chi connectivity index (χ2v) is 22.8. The molecule has 3 aliphatic heterocycles. The van der Waals surface area contributed by atoms with Crippen molar-refractivity contribution in [1.82, 2.24) is 30.1 Å². The minimum Gasteiger partial charge on any atom is -0.371 e. The minimum atomic E-state index is -2.72. The van der Waals surface area contributed by atoms with E-state index in [2.05, 4.69) is 82.5 Å². The molecule has 1 aliphatic carbocycles. The van der Waals surface area contributed by atoms with E-state index in [0.717, 1.165) is 111 Å². The van der Waals surface area contributed by atoms with Crippen molar-refractivity contribution in [2.24, 2.45) is 0 Å². The molecule has 16 heteroatoms. The summed E-state index contributed by atoms with van der Waals surface area (Å²) in [6, 6.07) is 16.2. The van der Waals surface area contributed by atoms with Crippen molar-refractivity contribution in [1.29, 1.82) is 0 Å². The summed E-state index contributed by atoms with van der Waals surface area (Å²) in [6.07, 6.45) is 7.59. The monoisotopic (exact) mass is 981 g/mol. The summed E-state index contributed by atoms with van der Waals surface area (Å²) >= 11 is 3.64. The van der Waals surface area contributed by atoms with Crippen molar-refractivity contribution < 1.29 is 22.9 Å². The van der Waals surface area contributed by atoms with E-state index in [9.17, 15) is 14.2 Å². The molecule has 9 rings (SSSR count). The molecule has 0 radical (unpaired) electrons. The molecule has 5 heterocycles. The number of nitrogens with zero attached hydrogens (tertiary/aromatic N) is 6. The molecule has 66 heavy (non-hydrogen) atoms. The van der Waals surface area contributed by atoms with Gasteiger partial charge in [0.2, 0.25) is 17.8 Å². The summed E-state index contributed by atoms with van der Waals surface area (Å²) in [7, 11) is -2.72. The van der Waals surface area contributed by atoms with Crippen LogP contribution in [0.1, 0.15) is 92.2 Å². The molecule has 3 saturated heterocycles. The number of piperidine rings is 2. The van der Waals surface area contributed by atoms with Gasteiger partial charge in [0.1, 0.15) is 24.6 Å². The number of carbonyl (C=O) groups is 2. The van der Waals surface area contributed by atoms with Gasteiger partial charge in [-0.3, -0.25) is 29.7 Å². The Bertz CT molecular complexity index is 2710. The van der Waals surface area contributed by atoms with Gasteiger partial charge >= 0.3 is 0 Å². The van der Waals surface area contributed by atoms with Crippen LogP contribution < -0.4 is 26.2 Å². The molecule has 0 bridgehead atoms. The van der Waals surface area contributed by atoms with Gasteiger partial charge in [0, 0.05) is 97.3 Å². The van der Waals surface area contributed by atoms with Crippen molar-refractivity contribution >= 4 is 79.9 Å². The van der Waals surface area contributed by atoms with E-state index >= 15 is 8.78 Å². The van der Waals surface area contributed by atoms with Crippen LogP contribution in [0.5, 0.6) is 0 Å². The predicted octanol–water partition coefficient (Wildman–Crippen LogP) is 9.29. The predicted molar refractivity (Wildman–Crippen MR) is 263 cm³/mol. The number of fused-ring (bicyclic) bond motifs is 1. The lowest BCUT2D eigenvalue weighted by atomic mass is 9.74. The number of aryl methyl sites for hydroxylation is 3. The van der Waals surface area contributed by atoms with E-state index < -0.39 is 36.5 Å². The van der Waals surface area contributed by atoms with Gasteiger partial charge in [-0.25, -0.2) is 13.8 Å². The summed E-state index contributed by atoms with van der Waals surface area (Å²) in [5.41, 5.74) is 7.61. The number of anilines is 5. The first-order valence-corrected chi connectivity index (χ1v) is 26.8. The fourth-order valence-corrected chi connectivity index (χ4v) is 12.4. The SMILES string of the molecule is CCc1cc(N2CCC(N3CCN(C4CC(c5cc(F)c(C6CCC(=O)NC6=O)c(F)c5)C4)CC3)CC2)c(CC)cc1Nc1ncc(Br)c(Nc2ccc3nc(C)ccc3c2P(C)(C)=O)n1. The van der Waals surface area contributed by atoms with Gasteiger partial charge in [0.05, 0.1) is 21.6 Å². The highest BCUT2D eigenvalue weighted by atomic mass is 79.9. The second kappa shape index (κ2) is 19.1. The van der Waals surface area contributed by atoms with Crippen molar-refractivity contribution in [3.63, 3.8) is 0 Å². The zero-order chi connectivity index (χ0) is 46.4. The average Bonchev–Trinajstić information content (AvgIpc) is 3.27. The molecule has 0 spiro atoms. The lowest BCUT2D eigenvalue weighted by molar-refractivity contribution is -0.134. The van der Waals surface area contributed by atoms with E-state index in [1.807, 2.05) is 31.2 Å². The van der Waals surface area contributed by atoms with E-state index in [-0.39, 0.29) is 24.3 Å². The molecule has 2 amide bonds. The first kappa shape index (κ1) is 46.3. The molecule has 4 fully saturated rings. The van der Waals surface area contributed by atoms with E-state index in [0.29, 0.717) is 33.9 Å². The lowest BCUT2D eigenvalue weighted by Gasteiger charge is -2.49. The molecule has 1 atom stereocenters. The van der Waals surface area contributed by atoms with Gasteiger partial charge in [-0.15, -0.1) is 0 Å². The zero-order valence-electron chi connectivity index (χ0n) is 38.4. The molecule has 2 aromatic heterocycles. The summed E-state index contributed by atoms with van der Waals surface area (Å²) < 4.78 is 44.8. The Morgan fingerprint density at radius 1 is 0.818 bits per heavy atom. The standard InChI is InChI=1S/C50H59BrF2N9O3P/c1-6-30-27-44(31(7-2)26-43(30)57-50-54-28-38(51)48(59-50)56-42-12-11-41-36(9-8-29(3)55-41)47(42)66(4,5)65)62-16-14-34(15-17-62)60-18-20-61(21-19-60)35-22-32(23-35)33-24-39(52)46(40(53)25-33)37-10-13-45(63)58-49(37)64/h8-9,11-12,24-28,32,34-35,37H,6-7,10,13-23H2,1-5H3,(H,58,63,64)(H2,54,56,57,59). The number of amides is 2. The third kappa shape index (κ3) is 9.50. The van der Waals surface area contributed by atoms with Gasteiger partial charge in [0.25, 0.3) is 0 Å². The molecule has 1 unspecified atom stereocenters. The van der Waals surface area contributed by atoms with Crippen molar-refractivity contribution in [3.05, 3.63) is 98.8 Å². The van der Waals surface area contributed by atoms with Crippen LogP contribution in [0, 0.1) is 18.6 Å². The average molecular weight is 983 g/mol. The number of nitrogens with one attached hydrogen (secondary N) is 3. The molecule has 4 aliphatic rings. The number of aromatic nitrogens is 3. The lowest BCUT2D eigenvalue weighted by Crippen LogP contribution is -2.57. The Labute approximate surface area is 394 Å². The molecule has 5 aromatic rings. The number of piperazine rings is 1. The molecule has 1 saturated carbocycles. The van der Waals surface area contributed by atoms with Gasteiger partial charge in [-0.2, -0.15) is 4.98 Å². The van der Waals surface area contributed by atoms with Gasteiger partial charge in [-0.05, 0) is 146 Å². The van der Waals surface area contributed by atoms with E-state index in [4.69, 9.17) is 4.98 Å². The van der Waals surface area contributed by atoms with Gasteiger partial charge < -0.3 is 20.1 Å². The Kier molecular flexibility index (Phi) is 13.4. The maximum atomic E-state index is 15.2. The molecule has 3 N–H and O–H groups in total.